The fourth-order valence-corrected chi connectivity index (χ4v) is 3.29. The van der Waals surface area contributed by atoms with Crippen LogP contribution in [0.4, 0.5) is 0 Å². The summed E-state index contributed by atoms with van der Waals surface area (Å²) in [4.78, 5) is 2.66. The molecule has 21 heavy (non-hydrogen) atoms. The first-order valence-electron chi connectivity index (χ1n) is 8.52. The molecule has 1 heterocycles. The summed E-state index contributed by atoms with van der Waals surface area (Å²) in [5, 5.41) is 3.65. The van der Waals surface area contributed by atoms with Gasteiger partial charge in [0.2, 0.25) is 0 Å². The largest absolute Gasteiger partial charge is 0.313 e. The lowest BCUT2D eigenvalue weighted by atomic mass is 9.99. The van der Waals surface area contributed by atoms with Crippen LogP contribution in [0.1, 0.15) is 56.3 Å². The monoisotopic (exact) mass is 288 g/mol. The van der Waals surface area contributed by atoms with Crippen molar-refractivity contribution in [2.45, 2.75) is 59.5 Å². The number of nitrogens with one attached hydrogen (secondary N) is 1. The van der Waals surface area contributed by atoms with Crippen molar-refractivity contribution in [3.63, 3.8) is 0 Å². The third kappa shape index (κ3) is 4.55. The van der Waals surface area contributed by atoms with Gasteiger partial charge in [-0.2, -0.15) is 0 Å². The van der Waals surface area contributed by atoms with Crippen LogP contribution < -0.4 is 5.32 Å². The first-order chi connectivity index (χ1) is 9.97. The van der Waals surface area contributed by atoms with Crippen molar-refractivity contribution in [3.8, 4) is 0 Å². The molecule has 0 radical (unpaired) electrons. The summed E-state index contributed by atoms with van der Waals surface area (Å²) in [5.74, 6) is 0.709. The Hall–Kier alpha value is -0.860. The minimum atomic E-state index is 0.495. The van der Waals surface area contributed by atoms with E-state index in [1.54, 1.807) is 0 Å². The zero-order valence-corrected chi connectivity index (χ0v) is 14.4. The summed E-state index contributed by atoms with van der Waals surface area (Å²) in [5.41, 5.74) is 4.25. The highest BCUT2D eigenvalue weighted by atomic mass is 15.2. The molecule has 2 heteroatoms. The Kier molecular flexibility index (Phi) is 5.83. The number of hydrogen-bond donors (Lipinski definition) is 1. The second-order valence-corrected chi connectivity index (χ2v) is 7.16. The molecule has 1 N–H and O–H groups in total. The molecule has 1 saturated heterocycles. The van der Waals surface area contributed by atoms with Crippen LogP contribution in [-0.2, 0) is 0 Å². The first kappa shape index (κ1) is 16.5. The van der Waals surface area contributed by atoms with Crippen LogP contribution in [0.2, 0.25) is 0 Å². The van der Waals surface area contributed by atoms with Crippen molar-refractivity contribution in [2.24, 2.45) is 5.92 Å². The second kappa shape index (κ2) is 7.42. The Morgan fingerprint density at radius 3 is 2.52 bits per heavy atom. The Labute approximate surface area is 130 Å². The van der Waals surface area contributed by atoms with Crippen LogP contribution >= 0.6 is 0 Å². The lowest BCUT2D eigenvalue weighted by Gasteiger charge is -2.33. The van der Waals surface area contributed by atoms with Gasteiger partial charge in [-0.25, -0.2) is 0 Å². The smallest absolute Gasteiger partial charge is 0.0320 e. The summed E-state index contributed by atoms with van der Waals surface area (Å²) < 4.78 is 0. The van der Waals surface area contributed by atoms with E-state index in [1.807, 2.05) is 0 Å². The molecule has 1 aromatic carbocycles. The number of aryl methyl sites for hydroxylation is 2. The molecule has 0 aromatic heterocycles. The van der Waals surface area contributed by atoms with E-state index in [9.17, 15) is 0 Å². The molecule has 2 unspecified atom stereocenters. The lowest BCUT2D eigenvalue weighted by Crippen LogP contribution is -2.40. The predicted molar refractivity (Wildman–Crippen MR) is 91.8 cm³/mol. The standard InChI is InChI=1S/C19H32N2/c1-14(2)12-21(13-19-7-6-10-20-19)17(5)18-9-8-15(3)16(4)11-18/h8-9,11,14,17,19-20H,6-7,10,12-13H2,1-5H3. The van der Waals surface area contributed by atoms with E-state index < -0.39 is 0 Å². The zero-order chi connectivity index (χ0) is 15.4. The van der Waals surface area contributed by atoms with Crippen molar-refractivity contribution >= 4 is 0 Å². The summed E-state index contributed by atoms with van der Waals surface area (Å²) in [6.45, 7) is 15.0. The Balaban J connectivity index is 2.11. The highest BCUT2D eigenvalue weighted by Crippen LogP contribution is 2.24. The van der Waals surface area contributed by atoms with E-state index in [0.717, 1.165) is 0 Å². The van der Waals surface area contributed by atoms with Gasteiger partial charge in [0.05, 0.1) is 0 Å². The van der Waals surface area contributed by atoms with E-state index in [1.165, 1.54) is 49.2 Å². The van der Waals surface area contributed by atoms with Gasteiger partial charge in [-0.3, -0.25) is 4.90 Å². The summed E-state index contributed by atoms with van der Waals surface area (Å²) in [6, 6.07) is 8.12. The molecule has 1 aromatic rings. The molecule has 0 saturated carbocycles. The minimum Gasteiger partial charge on any atom is -0.313 e. The van der Waals surface area contributed by atoms with Gasteiger partial charge in [-0.15, -0.1) is 0 Å². The minimum absolute atomic E-state index is 0.495. The van der Waals surface area contributed by atoms with Gasteiger partial charge in [-0.05, 0) is 62.8 Å². The maximum atomic E-state index is 3.65. The van der Waals surface area contributed by atoms with Crippen LogP contribution in [0.5, 0.6) is 0 Å². The Bertz CT molecular complexity index is 447. The number of rotatable bonds is 6. The molecule has 118 valence electrons. The highest BCUT2D eigenvalue weighted by molar-refractivity contribution is 5.31. The van der Waals surface area contributed by atoms with E-state index in [2.05, 4.69) is 63.0 Å². The van der Waals surface area contributed by atoms with Gasteiger partial charge in [0, 0.05) is 25.2 Å². The SMILES string of the molecule is Cc1ccc(C(C)N(CC(C)C)CC2CCCN2)cc1C. The summed E-state index contributed by atoms with van der Waals surface area (Å²) >= 11 is 0. The van der Waals surface area contributed by atoms with Gasteiger partial charge in [0.25, 0.3) is 0 Å². The molecule has 0 aliphatic carbocycles. The third-order valence-corrected chi connectivity index (χ3v) is 4.78. The van der Waals surface area contributed by atoms with Crippen LogP contribution in [0.25, 0.3) is 0 Å². The Morgan fingerprint density at radius 2 is 1.95 bits per heavy atom. The number of nitrogens with zero attached hydrogens (tertiary/aromatic N) is 1. The maximum absolute atomic E-state index is 3.65. The third-order valence-electron chi connectivity index (χ3n) is 4.78. The fourth-order valence-electron chi connectivity index (χ4n) is 3.29. The van der Waals surface area contributed by atoms with Crippen molar-refractivity contribution in [3.05, 3.63) is 34.9 Å². The zero-order valence-electron chi connectivity index (χ0n) is 14.4. The lowest BCUT2D eigenvalue weighted by molar-refractivity contribution is 0.171. The predicted octanol–water partition coefficient (Wildman–Crippen LogP) is 4.07. The molecule has 0 spiro atoms. The highest BCUT2D eigenvalue weighted by Gasteiger charge is 2.23. The quantitative estimate of drug-likeness (QED) is 0.848. The Morgan fingerprint density at radius 1 is 1.19 bits per heavy atom. The average Bonchev–Trinajstić information content (AvgIpc) is 2.93. The molecule has 0 bridgehead atoms. The number of benzene rings is 1. The fraction of sp³-hybridized carbons (Fsp3) is 0.684. The molecule has 2 atom stereocenters. The van der Waals surface area contributed by atoms with Crippen molar-refractivity contribution in [2.75, 3.05) is 19.6 Å². The van der Waals surface area contributed by atoms with Crippen LogP contribution in [0, 0.1) is 19.8 Å². The summed E-state index contributed by atoms with van der Waals surface area (Å²) in [6.07, 6.45) is 2.66. The van der Waals surface area contributed by atoms with Crippen LogP contribution in [0.3, 0.4) is 0 Å². The van der Waals surface area contributed by atoms with E-state index >= 15 is 0 Å². The van der Waals surface area contributed by atoms with Crippen molar-refractivity contribution in [1.82, 2.24) is 10.2 Å². The van der Waals surface area contributed by atoms with Gasteiger partial charge in [0.1, 0.15) is 0 Å². The van der Waals surface area contributed by atoms with E-state index in [4.69, 9.17) is 0 Å². The van der Waals surface area contributed by atoms with Gasteiger partial charge in [-0.1, -0.05) is 32.0 Å². The van der Waals surface area contributed by atoms with Crippen molar-refractivity contribution < 1.29 is 0 Å². The number of hydrogen-bond acceptors (Lipinski definition) is 2. The first-order valence-corrected chi connectivity index (χ1v) is 8.52. The average molecular weight is 288 g/mol. The van der Waals surface area contributed by atoms with E-state index in [0.29, 0.717) is 18.0 Å². The molecular weight excluding hydrogens is 256 g/mol. The molecular formula is C19H32N2. The molecule has 2 rings (SSSR count). The molecule has 1 aliphatic heterocycles. The second-order valence-electron chi connectivity index (χ2n) is 7.16. The van der Waals surface area contributed by atoms with Gasteiger partial charge >= 0.3 is 0 Å². The van der Waals surface area contributed by atoms with E-state index in [-0.39, 0.29) is 0 Å². The van der Waals surface area contributed by atoms with Gasteiger partial charge in [0.15, 0.2) is 0 Å². The van der Waals surface area contributed by atoms with Crippen LogP contribution in [-0.4, -0.2) is 30.6 Å². The molecule has 2 nitrogen and oxygen atoms in total. The summed E-state index contributed by atoms with van der Waals surface area (Å²) in [7, 11) is 0. The molecule has 0 amide bonds. The topological polar surface area (TPSA) is 15.3 Å². The van der Waals surface area contributed by atoms with Crippen LogP contribution in [0.15, 0.2) is 18.2 Å². The van der Waals surface area contributed by atoms with Crippen molar-refractivity contribution in [1.29, 1.82) is 0 Å². The molecule has 1 fully saturated rings. The normalized spacial score (nSPS) is 20.4. The van der Waals surface area contributed by atoms with Gasteiger partial charge < -0.3 is 5.32 Å². The maximum Gasteiger partial charge on any atom is 0.0320 e. The molecule has 1 aliphatic rings.